The van der Waals surface area contributed by atoms with Gasteiger partial charge in [0, 0.05) is 19.0 Å². The van der Waals surface area contributed by atoms with E-state index in [2.05, 4.69) is 15.0 Å². The molecule has 0 aliphatic carbocycles. The molecule has 1 aliphatic rings. The Morgan fingerprint density at radius 3 is 2.90 bits per heavy atom. The normalized spacial score (nSPS) is 17.3. The second-order valence-corrected chi connectivity index (χ2v) is 6.15. The van der Waals surface area contributed by atoms with Gasteiger partial charge in [0.25, 0.3) is 5.56 Å². The van der Waals surface area contributed by atoms with E-state index in [1.54, 1.807) is 5.51 Å². The van der Waals surface area contributed by atoms with Gasteiger partial charge in [-0.05, 0) is 31.8 Å². The van der Waals surface area contributed by atoms with Gasteiger partial charge in [-0.25, -0.2) is 4.98 Å². The number of piperidine rings is 1. The third-order valence-corrected chi connectivity index (χ3v) is 4.47. The van der Waals surface area contributed by atoms with Crippen molar-refractivity contribution in [1.29, 1.82) is 0 Å². The molecular weight excluding hydrogens is 292 g/mol. The fourth-order valence-corrected chi connectivity index (χ4v) is 3.35. The lowest BCUT2D eigenvalue weighted by molar-refractivity contribution is -0.138. The predicted molar refractivity (Wildman–Crippen MR) is 77.4 cm³/mol. The molecule has 0 radical (unpaired) electrons. The van der Waals surface area contributed by atoms with Crippen molar-refractivity contribution in [2.24, 2.45) is 5.92 Å². The number of carboxylic acid groups (broad SMARTS) is 1. The number of hydrogen-bond donors (Lipinski definition) is 1. The van der Waals surface area contributed by atoms with Crippen LogP contribution in [-0.4, -0.2) is 43.7 Å². The average Bonchev–Trinajstić information content (AvgIpc) is 2.89. The number of hydrogen-bond acceptors (Lipinski definition) is 6. The van der Waals surface area contributed by atoms with Gasteiger partial charge in [0.2, 0.25) is 4.96 Å². The van der Waals surface area contributed by atoms with Crippen LogP contribution in [0, 0.1) is 5.92 Å². The Morgan fingerprint density at radius 2 is 2.19 bits per heavy atom. The van der Waals surface area contributed by atoms with Gasteiger partial charge in [-0.1, -0.05) is 11.3 Å². The van der Waals surface area contributed by atoms with Gasteiger partial charge in [0.05, 0.1) is 5.69 Å². The number of likely N-dealkylation sites (tertiary alicyclic amines) is 1. The molecule has 7 nitrogen and oxygen atoms in total. The minimum atomic E-state index is -0.723. The number of aliphatic carboxylic acids is 1. The van der Waals surface area contributed by atoms with Crippen molar-refractivity contribution in [3.63, 3.8) is 0 Å². The first-order valence-electron chi connectivity index (χ1n) is 6.88. The maximum absolute atomic E-state index is 11.9. The first kappa shape index (κ1) is 14.2. The molecule has 0 unspecified atom stereocenters. The van der Waals surface area contributed by atoms with Gasteiger partial charge in [-0.3, -0.25) is 14.5 Å². The average molecular weight is 308 g/mol. The molecule has 2 aromatic heterocycles. The molecule has 1 fully saturated rings. The van der Waals surface area contributed by atoms with Crippen LogP contribution in [0.5, 0.6) is 0 Å². The van der Waals surface area contributed by atoms with Crippen molar-refractivity contribution >= 4 is 22.3 Å². The van der Waals surface area contributed by atoms with E-state index in [9.17, 15) is 9.59 Å². The van der Waals surface area contributed by atoms with Crippen molar-refractivity contribution in [2.45, 2.75) is 25.8 Å². The minimum Gasteiger partial charge on any atom is -0.481 e. The molecule has 8 heteroatoms. The fraction of sp³-hybridized carbons (Fsp3) is 0.538. The first-order valence-corrected chi connectivity index (χ1v) is 7.76. The zero-order chi connectivity index (χ0) is 14.8. The second-order valence-electron chi connectivity index (χ2n) is 5.34. The Kier molecular flexibility index (Phi) is 3.98. The van der Waals surface area contributed by atoms with Crippen LogP contribution in [0.2, 0.25) is 0 Å². The Bertz CT molecular complexity index is 703. The number of rotatable bonds is 4. The summed E-state index contributed by atoms with van der Waals surface area (Å²) >= 11 is 1.34. The van der Waals surface area contributed by atoms with Crippen molar-refractivity contribution in [2.75, 3.05) is 13.1 Å². The Hall–Kier alpha value is -1.80. The quantitative estimate of drug-likeness (QED) is 0.900. The Labute approximate surface area is 124 Å². The standard InChI is InChI=1S/C13H16N4O3S/c18-11-6-10(15-13-17(11)14-8-21-13)7-16-3-1-9(2-4-16)5-12(19)20/h6,8-9H,1-5,7H2,(H,19,20). The lowest BCUT2D eigenvalue weighted by Gasteiger charge is -2.30. The van der Waals surface area contributed by atoms with Gasteiger partial charge in [-0.2, -0.15) is 9.61 Å². The van der Waals surface area contributed by atoms with E-state index in [4.69, 9.17) is 5.11 Å². The molecule has 3 rings (SSSR count). The zero-order valence-electron chi connectivity index (χ0n) is 11.4. The molecule has 1 aliphatic heterocycles. The van der Waals surface area contributed by atoms with Crippen LogP contribution in [0.15, 0.2) is 16.4 Å². The van der Waals surface area contributed by atoms with E-state index < -0.39 is 5.97 Å². The molecular formula is C13H16N4O3S. The van der Waals surface area contributed by atoms with Gasteiger partial charge in [-0.15, -0.1) is 0 Å². The molecule has 21 heavy (non-hydrogen) atoms. The van der Waals surface area contributed by atoms with Crippen LogP contribution in [-0.2, 0) is 11.3 Å². The predicted octanol–water partition coefficient (Wildman–Crippen LogP) is 0.838. The minimum absolute atomic E-state index is 0.156. The fourth-order valence-electron chi connectivity index (χ4n) is 2.71. The van der Waals surface area contributed by atoms with E-state index in [-0.39, 0.29) is 17.9 Å². The molecule has 2 aromatic rings. The van der Waals surface area contributed by atoms with Gasteiger partial charge in [0.15, 0.2) is 0 Å². The van der Waals surface area contributed by atoms with Crippen LogP contribution in [0.3, 0.4) is 0 Å². The highest BCUT2D eigenvalue weighted by Gasteiger charge is 2.21. The first-order chi connectivity index (χ1) is 10.1. The summed E-state index contributed by atoms with van der Waals surface area (Å²) in [5.74, 6) is -0.458. The van der Waals surface area contributed by atoms with Gasteiger partial charge in [0.1, 0.15) is 5.51 Å². The summed E-state index contributed by atoms with van der Waals surface area (Å²) < 4.78 is 1.30. The number of fused-ring (bicyclic) bond motifs is 1. The summed E-state index contributed by atoms with van der Waals surface area (Å²) in [4.78, 5) is 29.8. The number of carbonyl (C=O) groups is 1. The third kappa shape index (κ3) is 3.27. The maximum Gasteiger partial charge on any atom is 0.303 e. The topological polar surface area (TPSA) is 87.8 Å². The summed E-state index contributed by atoms with van der Waals surface area (Å²) in [6.45, 7) is 2.33. The molecule has 0 saturated carbocycles. The highest BCUT2D eigenvalue weighted by Crippen LogP contribution is 2.21. The van der Waals surface area contributed by atoms with Crippen LogP contribution in [0.1, 0.15) is 25.0 Å². The van der Waals surface area contributed by atoms with Crippen LogP contribution >= 0.6 is 11.3 Å². The highest BCUT2D eigenvalue weighted by atomic mass is 32.1. The van der Waals surface area contributed by atoms with Gasteiger partial charge < -0.3 is 5.11 Å². The Morgan fingerprint density at radius 1 is 1.43 bits per heavy atom. The smallest absolute Gasteiger partial charge is 0.303 e. The number of nitrogens with zero attached hydrogens (tertiary/aromatic N) is 4. The van der Waals surface area contributed by atoms with E-state index >= 15 is 0 Å². The number of carboxylic acids is 1. The van der Waals surface area contributed by atoms with Crippen LogP contribution < -0.4 is 5.56 Å². The summed E-state index contributed by atoms with van der Waals surface area (Å²) in [6.07, 6.45) is 2.02. The molecule has 0 aromatic carbocycles. The van der Waals surface area contributed by atoms with Crippen molar-refractivity contribution < 1.29 is 9.90 Å². The molecule has 112 valence electrons. The van der Waals surface area contributed by atoms with Crippen LogP contribution in [0.4, 0.5) is 0 Å². The van der Waals surface area contributed by atoms with E-state index in [0.29, 0.717) is 11.5 Å². The van der Waals surface area contributed by atoms with Crippen molar-refractivity contribution in [3.05, 3.63) is 27.6 Å². The monoisotopic (exact) mass is 308 g/mol. The lowest BCUT2D eigenvalue weighted by Crippen LogP contribution is -2.34. The van der Waals surface area contributed by atoms with Crippen molar-refractivity contribution in [1.82, 2.24) is 19.5 Å². The highest BCUT2D eigenvalue weighted by molar-refractivity contribution is 7.14. The lowest BCUT2D eigenvalue weighted by atomic mass is 9.93. The van der Waals surface area contributed by atoms with Crippen LogP contribution in [0.25, 0.3) is 4.96 Å². The maximum atomic E-state index is 11.9. The third-order valence-electron chi connectivity index (χ3n) is 3.80. The van der Waals surface area contributed by atoms with E-state index in [1.807, 2.05) is 0 Å². The molecule has 0 bridgehead atoms. The molecule has 3 heterocycles. The van der Waals surface area contributed by atoms with Crippen molar-refractivity contribution in [3.8, 4) is 0 Å². The summed E-state index contributed by atoms with van der Waals surface area (Å²) in [5.41, 5.74) is 2.20. The summed E-state index contributed by atoms with van der Waals surface area (Å²) in [5, 5.41) is 12.7. The molecule has 1 saturated heterocycles. The largest absolute Gasteiger partial charge is 0.481 e. The SMILES string of the molecule is O=C(O)CC1CCN(Cc2cc(=O)n3ncsc3n2)CC1. The molecule has 0 spiro atoms. The second kappa shape index (κ2) is 5.90. The van der Waals surface area contributed by atoms with E-state index in [1.165, 1.54) is 21.9 Å². The molecule has 1 N–H and O–H groups in total. The summed E-state index contributed by atoms with van der Waals surface area (Å²) in [6, 6.07) is 1.52. The number of aromatic nitrogens is 3. The zero-order valence-corrected chi connectivity index (χ0v) is 12.3. The van der Waals surface area contributed by atoms with Gasteiger partial charge >= 0.3 is 5.97 Å². The molecule has 0 amide bonds. The van der Waals surface area contributed by atoms with E-state index in [0.717, 1.165) is 31.6 Å². The molecule has 0 atom stereocenters. The summed E-state index contributed by atoms with van der Waals surface area (Å²) in [7, 11) is 0. The Balaban J connectivity index is 1.64.